The third-order valence-corrected chi connectivity index (χ3v) is 4.55. The Morgan fingerprint density at radius 3 is 2.95 bits per heavy atom. The van der Waals surface area contributed by atoms with E-state index >= 15 is 0 Å². The van der Waals surface area contributed by atoms with Crippen molar-refractivity contribution in [2.24, 2.45) is 0 Å². The Hall–Kier alpha value is -0.710. The quantitative estimate of drug-likeness (QED) is 0.745. The normalized spacial score (nSPS) is 19.7. The van der Waals surface area contributed by atoms with Crippen LogP contribution in [0.15, 0.2) is 28.7 Å². The van der Waals surface area contributed by atoms with Gasteiger partial charge in [0.1, 0.15) is 0 Å². The number of halogens is 1. The molecule has 1 aromatic rings. The van der Waals surface area contributed by atoms with Crippen LogP contribution in [0.2, 0.25) is 0 Å². The van der Waals surface area contributed by atoms with Crippen LogP contribution in [0.25, 0.3) is 0 Å². The number of hydrogen-bond acceptors (Lipinski definition) is 3. The van der Waals surface area contributed by atoms with Crippen LogP contribution < -0.4 is 0 Å². The summed E-state index contributed by atoms with van der Waals surface area (Å²) in [4.78, 5) is 16.8. The Labute approximate surface area is 130 Å². The summed E-state index contributed by atoms with van der Waals surface area (Å²) in [5.74, 6) is 0.220. The van der Waals surface area contributed by atoms with Crippen LogP contribution in [-0.2, 0) is 0 Å². The van der Waals surface area contributed by atoms with Crippen molar-refractivity contribution in [2.75, 3.05) is 33.7 Å². The lowest BCUT2D eigenvalue weighted by molar-refractivity contribution is 0.0964. The molecule has 0 N–H and O–H groups in total. The molecule has 1 fully saturated rings. The largest absolute Gasteiger partial charge is 0.304 e. The van der Waals surface area contributed by atoms with Gasteiger partial charge in [-0.15, -0.1) is 0 Å². The van der Waals surface area contributed by atoms with E-state index in [0.717, 1.165) is 23.1 Å². The molecule has 0 saturated carbocycles. The zero-order valence-electron chi connectivity index (χ0n) is 12.3. The molecule has 1 unspecified atom stereocenters. The lowest BCUT2D eigenvalue weighted by atomic mass is 10.1. The van der Waals surface area contributed by atoms with E-state index in [-0.39, 0.29) is 5.78 Å². The molecule has 0 amide bonds. The molecule has 0 aromatic heterocycles. The zero-order valence-corrected chi connectivity index (χ0v) is 13.9. The maximum atomic E-state index is 12.1. The minimum atomic E-state index is 0.220. The van der Waals surface area contributed by atoms with E-state index in [1.807, 2.05) is 24.3 Å². The van der Waals surface area contributed by atoms with Crippen molar-refractivity contribution in [3.05, 3.63) is 34.3 Å². The maximum absolute atomic E-state index is 12.1. The van der Waals surface area contributed by atoms with E-state index in [1.54, 1.807) is 0 Å². The van der Waals surface area contributed by atoms with Crippen LogP contribution in [-0.4, -0.2) is 55.4 Å². The molecule has 1 aliphatic heterocycles. The molecule has 1 aromatic carbocycles. The molecule has 2 rings (SSSR count). The maximum Gasteiger partial charge on any atom is 0.164 e. The number of rotatable bonds is 6. The third-order valence-electron chi connectivity index (χ3n) is 4.06. The summed E-state index contributed by atoms with van der Waals surface area (Å²) in [6.45, 7) is 3.09. The summed E-state index contributed by atoms with van der Waals surface area (Å²) in [5, 5.41) is 0. The van der Waals surface area contributed by atoms with Gasteiger partial charge in [-0.05, 0) is 45.6 Å². The molecule has 0 spiro atoms. The van der Waals surface area contributed by atoms with Crippen LogP contribution in [0.3, 0.4) is 0 Å². The molecule has 1 saturated heterocycles. The molecular weight excluding hydrogens is 316 g/mol. The van der Waals surface area contributed by atoms with Gasteiger partial charge in [0.05, 0.1) is 0 Å². The van der Waals surface area contributed by atoms with Crippen molar-refractivity contribution in [3.63, 3.8) is 0 Å². The van der Waals surface area contributed by atoms with Gasteiger partial charge < -0.3 is 9.80 Å². The molecule has 0 aliphatic carbocycles. The summed E-state index contributed by atoms with van der Waals surface area (Å²) < 4.78 is 0.962. The fraction of sp³-hybridized carbons (Fsp3) is 0.562. The Balaban J connectivity index is 1.78. The van der Waals surface area contributed by atoms with Gasteiger partial charge in [-0.2, -0.15) is 0 Å². The predicted molar refractivity (Wildman–Crippen MR) is 86.2 cm³/mol. The van der Waals surface area contributed by atoms with Crippen molar-refractivity contribution < 1.29 is 4.79 Å². The van der Waals surface area contributed by atoms with Gasteiger partial charge in [0, 0.05) is 35.6 Å². The van der Waals surface area contributed by atoms with E-state index in [9.17, 15) is 4.79 Å². The Morgan fingerprint density at radius 1 is 1.50 bits per heavy atom. The van der Waals surface area contributed by atoms with Gasteiger partial charge in [0.2, 0.25) is 0 Å². The van der Waals surface area contributed by atoms with Gasteiger partial charge >= 0.3 is 0 Å². The molecule has 1 aliphatic rings. The number of benzene rings is 1. The Morgan fingerprint density at radius 2 is 2.30 bits per heavy atom. The van der Waals surface area contributed by atoms with Gasteiger partial charge in [-0.25, -0.2) is 0 Å². The fourth-order valence-electron chi connectivity index (χ4n) is 2.76. The summed E-state index contributed by atoms with van der Waals surface area (Å²) in [7, 11) is 4.30. The lowest BCUT2D eigenvalue weighted by Crippen LogP contribution is -2.37. The Kier molecular flexibility index (Phi) is 5.75. The van der Waals surface area contributed by atoms with Crippen LogP contribution >= 0.6 is 15.9 Å². The smallest absolute Gasteiger partial charge is 0.164 e. The van der Waals surface area contributed by atoms with E-state index in [0.29, 0.717) is 12.5 Å². The minimum Gasteiger partial charge on any atom is -0.304 e. The molecule has 0 bridgehead atoms. The molecular formula is C16H23BrN2O. The standard InChI is InChI=1S/C16H23BrN2O/c1-18(12-15-7-4-9-19(15)2)10-8-16(20)13-5-3-6-14(17)11-13/h3,5-6,11,15H,4,7-10,12H2,1-2H3. The van der Waals surface area contributed by atoms with Crippen molar-refractivity contribution in [1.29, 1.82) is 0 Å². The van der Waals surface area contributed by atoms with Crippen LogP contribution in [0.4, 0.5) is 0 Å². The number of hydrogen-bond donors (Lipinski definition) is 0. The van der Waals surface area contributed by atoms with Gasteiger partial charge in [0.15, 0.2) is 5.78 Å². The highest BCUT2D eigenvalue weighted by Gasteiger charge is 2.22. The van der Waals surface area contributed by atoms with E-state index in [4.69, 9.17) is 0 Å². The second-order valence-electron chi connectivity index (χ2n) is 5.72. The van der Waals surface area contributed by atoms with E-state index < -0.39 is 0 Å². The number of Topliss-reactive ketones (excluding diaryl/α,β-unsaturated/α-hetero) is 1. The lowest BCUT2D eigenvalue weighted by Gasteiger charge is -2.25. The second-order valence-corrected chi connectivity index (χ2v) is 6.64. The first kappa shape index (κ1) is 15.7. The summed E-state index contributed by atoms with van der Waals surface area (Å²) >= 11 is 3.41. The van der Waals surface area contributed by atoms with Crippen LogP contribution in [0.1, 0.15) is 29.6 Å². The highest BCUT2D eigenvalue weighted by Crippen LogP contribution is 2.16. The molecule has 1 atom stereocenters. The van der Waals surface area contributed by atoms with Crippen molar-refractivity contribution in [1.82, 2.24) is 9.80 Å². The predicted octanol–water partition coefficient (Wildman–Crippen LogP) is 3.05. The number of likely N-dealkylation sites (tertiary alicyclic amines) is 1. The highest BCUT2D eigenvalue weighted by molar-refractivity contribution is 9.10. The minimum absolute atomic E-state index is 0.220. The first-order valence-corrected chi connectivity index (χ1v) is 8.03. The van der Waals surface area contributed by atoms with Gasteiger partial charge in [-0.1, -0.05) is 28.1 Å². The average Bonchev–Trinajstić information content (AvgIpc) is 2.81. The van der Waals surface area contributed by atoms with Gasteiger partial charge in [-0.3, -0.25) is 4.79 Å². The molecule has 20 heavy (non-hydrogen) atoms. The molecule has 4 heteroatoms. The zero-order chi connectivity index (χ0) is 14.5. The Bertz CT molecular complexity index is 464. The average molecular weight is 339 g/mol. The molecule has 1 heterocycles. The second kappa shape index (κ2) is 7.34. The summed E-state index contributed by atoms with van der Waals surface area (Å²) in [5.41, 5.74) is 0.797. The van der Waals surface area contributed by atoms with Crippen LogP contribution in [0, 0.1) is 0 Å². The van der Waals surface area contributed by atoms with Crippen molar-refractivity contribution >= 4 is 21.7 Å². The van der Waals surface area contributed by atoms with E-state index in [2.05, 4.69) is 39.8 Å². The number of carbonyl (C=O) groups is 1. The highest BCUT2D eigenvalue weighted by atomic mass is 79.9. The van der Waals surface area contributed by atoms with Gasteiger partial charge in [0.25, 0.3) is 0 Å². The van der Waals surface area contributed by atoms with E-state index in [1.165, 1.54) is 19.4 Å². The first-order chi connectivity index (χ1) is 9.56. The fourth-order valence-corrected chi connectivity index (χ4v) is 3.16. The SMILES string of the molecule is CN(CCC(=O)c1cccc(Br)c1)CC1CCCN1C. The third kappa shape index (κ3) is 4.40. The molecule has 110 valence electrons. The summed E-state index contributed by atoms with van der Waals surface area (Å²) in [6.07, 6.45) is 3.16. The van der Waals surface area contributed by atoms with Crippen molar-refractivity contribution in [2.45, 2.75) is 25.3 Å². The first-order valence-electron chi connectivity index (χ1n) is 7.24. The monoisotopic (exact) mass is 338 g/mol. The molecule has 3 nitrogen and oxygen atoms in total. The number of carbonyl (C=O) groups excluding carboxylic acids is 1. The number of nitrogens with zero attached hydrogens (tertiary/aromatic N) is 2. The molecule has 0 radical (unpaired) electrons. The number of likely N-dealkylation sites (N-methyl/N-ethyl adjacent to an activating group) is 2. The topological polar surface area (TPSA) is 23.6 Å². The number of ketones is 1. The summed E-state index contributed by atoms with van der Waals surface area (Å²) in [6, 6.07) is 8.29. The van der Waals surface area contributed by atoms with Crippen molar-refractivity contribution in [3.8, 4) is 0 Å². The van der Waals surface area contributed by atoms with Crippen LogP contribution in [0.5, 0.6) is 0 Å².